The van der Waals surface area contributed by atoms with Gasteiger partial charge in [-0.1, -0.05) is 41.0 Å². The summed E-state index contributed by atoms with van der Waals surface area (Å²) in [5.41, 5.74) is 2.74. The van der Waals surface area contributed by atoms with Crippen LogP contribution in [0.25, 0.3) is 17.0 Å². The number of nitrogens with zero attached hydrogens (tertiary/aromatic N) is 3. The zero-order valence-electron chi connectivity index (χ0n) is 17.6. The highest BCUT2D eigenvalue weighted by atomic mass is 35.5. The van der Waals surface area contributed by atoms with Crippen LogP contribution in [-0.4, -0.2) is 41.3 Å². The first-order valence-corrected chi connectivity index (χ1v) is 10.5. The molecule has 0 spiro atoms. The Kier molecular flexibility index (Phi) is 6.53. The third-order valence-corrected chi connectivity index (χ3v) is 5.50. The average molecular weight is 457 g/mol. The van der Waals surface area contributed by atoms with E-state index in [1.165, 1.54) is 12.1 Å². The van der Waals surface area contributed by atoms with Crippen molar-refractivity contribution in [1.29, 1.82) is 0 Å². The Morgan fingerprint density at radius 3 is 2.75 bits per heavy atom. The van der Waals surface area contributed by atoms with Gasteiger partial charge in [0.15, 0.2) is 0 Å². The molecule has 3 aromatic rings. The Hall–Kier alpha value is -3.23. The van der Waals surface area contributed by atoms with Gasteiger partial charge in [-0.2, -0.15) is 4.98 Å². The van der Waals surface area contributed by atoms with Gasteiger partial charge in [-0.15, -0.1) is 0 Å². The number of rotatable bonds is 7. The highest BCUT2D eigenvalue weighted by Gasteiger charge is 2.35. The van der Waals surface area contributed by atoms with Gasteiger partial charge in [0, 0.05) is 36.5 Å². The second-order valence-electron chi connectivity index (χ2n) is 7.36. The van der Waals surface area contributed by atoms with Gasteiger partial charge in [-0.05, 0) is 43.2 Å². The minimum atomic E-state index is -0.575. The molecule has 1 aliphatic heterocycles. The van der Waals surface area contributed by atoms with E-state index in [-0.39, 0.29) is 17.7 Å². The molecule has 166 valence electrons. The molecule has 2 amide bonds. The largest absolute Gasteiger partial charge is 0.385 e. The van der Waals surface area contributed by atoms with Crippen LogP contribution in [0.5, 0.6) is 0 Å². The van der Waals surface area contributed by atoms with Crippen LogP contribution < -0.4 is 5.32 Å². The lowest BCUT2D eigenvalue weighted by Crippen LogP contribution is -2.46. The highest BCUT2D eigenvalue weighted by Crippen LogP contribution is 2.37. The summed E-state index contributed by atoms with van der Waals surface area (Å²) >= 11 is 6.09. The molecular formula is C23H22ClFN4O3. The van der Waals surface area contributed by atoms with Gasteiger partial charge in [0.05, 0.1) is 11.6 Å². The predicted octanol–water partition coefficient (Wildman–Crippen LogP) is 5.06. The Balaban J connectivity index is 1.77. The monoisotopic (exact) mass is 456 g/mol. The molecule has 32 heavy (non-hydrogen) atoms. The van der Waals surface area contributed by atoms with Crippen LogP contribution in [0.3, 0.4) is 0 Å². The molecule has 1 N–H and O–H groups in total. The molecule has 9 heteroatoms. The molecule has 0 aliphatic carbocycles. The van der Waals surface area contributed by atoms with Crippen molar-refractivity contribution < 1.29 is 18.4 Å². The standard InChI is InChI=1S/C23H22ClFN4O3/c1-14-19(22-27-21(28-32-22)16-5-3-6-17(24)13-16)20(15-7-9-18(25)10-8-15)26-23(30)29(14)11-4-12-31-2/h3,5-10,13,20H,4,11-12H2,1-2H3,(H,26,30). The van der Waals surface area contributed by atoms with Crippen molar-refractivity contribution in [2.24, 2.45) is 0 Å². The van der Waals surface area contributed by atoms with Crippen molar-refractivity contribution in [2.45, 2.75) is 19.4 Å². The number of nitrogens with one attached hydrogen (secondary N) is 1. The number of hydrogen-bond donors (Lipinski definition) is 1. The first-order chi connectivity index (χ1) is 15.5. The summed E-state index contributed by atoms with van der Waals surface area (Å²) < 4.78 is 24.2. The van der Waals surface area contributed by atoms with E-state index < -0.39 is 6.04 Å². The van der Waals surface area contributed by atoms with E-state index in [2.05, 4.69) is 15.5 Å². The normalized spacial score (nSPS) is 16.4. The van der Waals surface area contributed by atoms with Gasteiger partial charge >= 0.3 is 6.03 Å². The number of aromatic nitrogens is 2. The number of hydrogen-bond acceptors (Lipinski definition) is 5. The fraction of sp³-hybridized carbons (Fsp3) is 0.261. The Bertz CT molecular complexity index is 1150. The summed E-state index contributed by atoms with van der Waals surface area (Å²) in [5.74, 6) is 0.285. The molecule has 1 aliphatic rings. The Morgan fingerprint density at radius 2 is 2.03 bits per heavy atom. The number of methoxy groups -OCH3 is 1. The number of urea groups is 1. The van der Waals surface area contributed by atoms with Crippen LogP contribution in [-0.2, 0) is 4.74 Å². The number of carbonyl (C=O) groups is 1. The summed E-state index contributed by atoms with van der Waals surface area (Å²) in [5, 5.41) is 7.65. The molecule has 0 bridgehead atoms. The van der Waals surface area contributed by atoms with Gasteiger partial charge in [0.2, 0.25) is 5.82 Å². The van der Waals surface area contributed by atoms with E-state index in [1.54, 1.807) is 42.3 Å². The van der Waals surface area contributed by atoms with Gasteiger partial charge in [0.1, 0.15) is 5.82 Å². The first kappa shape index (κ1) is 22.0. The van der Waals surface area contributed by atoms with Crippen molar-refractivity contribution in [1.82, 2.24) is 20.4 Å². The van der Waals surface area contributed by atoms with Crippen LogP contribution >= 0.6 is 11.6 Å². The number of benzene rings is 2. The molecular weight excluding hydrogens is 435 g/mol. The molecule has 7 nitrogen and oxygen atoms in total. The molecule has 1 unspecified atom stereocenters. The minimum absolute atomic E-state index is 0.258. The van der Waals surface area contributed by atoms with E-state index in [1.807, 2.05) is 13.0 Å². The first-order valence-electron chi connectivity index (χ1n) is 10.1. The van der Waals surface area contributed by atoms with Gasteiger partial charge in [0.25, 0.3) is 5.89 Å². The maximum absolute atomic E-state index is 13.5. The highest BCUT2D eigenvalue weighted by molar-refractivity contribution is 6.30. The van der Waals surface area contributed by atoms with Gasteiger partial charge < -0.3 is 14.6 Å². The predicted molar refractivity (Wildman–Crippen MR) is 118 cm³/mol. The third-order valence-electron chi connectivity index (χ3n) is 5.27. The van der Waals surface area contributed by atoms with Gasteiger partial charge in [-0.25, -0.2) is 9.18 Å². The number of carbonyl (C=O) groups excluding carboxylic acids is 1. The van der Waals surface area contributed by atoms with Crippen molar-refractivity contribution in [3.8, 4) is 11.4 Å². The van der Waals surface area contributed by atoms with Crippen molar-refractivity contribution in [2.75, 3.05) is 20.3 Å². The molecule has 0 saturated carbocycles. The van der Waals surface area contributed by atoms with Crippen LogP contribution in [0.4, 0.5) is 9.18 Å². The van der Waals surface area contributed by atoms with E-state index >= 15 is 0 Å². The summed E-state index contributed by atoms with van der Waals surface area (Å²) in [7, 11) is 1.62. The van der Waals surface area contributed by atoms with Crippen molar-refractivity contribution in [3.05, 3.63) is 76.5 Å². The lowest BCUT2D eigenvalue weighted by atomic mass is 9.94. The minimum Gasteiger partial charge on any atom is -0.385 e. The maximum atomic E-state index is 13.5. The van der Waals surface area contributed by atoms with Crippen molar-refractivity contribution in [3.63, 3.8) is 0 Å². The number of halogens is 2. The van der Waals surface area contributed by atoms with Crippen molar-refractivity contribution >= 4 is 23.2 Å². The lowest BCUT2D eigenvalue weighted by Gasteiger charge is -2.35. The summed E-state index contributed by atoms with van der Waals surface area (Å²) in [4.78, 5) is 19.1. The Morgan fingerprint density at radius 1 is 1.25 bits per heavy atom. The van der Waals surface area contributed by atoms with Gasteiger partial charge in [-0.3, -0.25) is 4.90 Å². The summed E-state index contributed by atoms with van der Waals surface area (Å²) in [6.45, 7) is 2.81. The summed E-state index contributed by atoms with van der Waals surface area (Å²) in [6.07, 6.45) is 0.660. The fourth-order valence-corrected chi connectivity index (χ4v) is 3.87. The third kappa shape index (κ3) is 4.51. The topological polar surface area (TPSA) is 80.5 Å². The molecule has 4 rings (SSSR count). The van der Waals surface area contributed by atoms with Crippen LogP contribution in [0.15, 0.2) is 58.8 Å². The van der Waals surface area contributed by atoms with E-state index in [9.17, 15) is 9.18 Å². The van der Waals surface area contributed by atoms with E-state index in [0.717, 1.165) is 0 Å². The Labute approximate surface area is 189 Å². The number of allylic oxidation sites excluding steroid dienone is 1. The molecule has 1 aromatic heterocycles. The SMILES string of the molecule is COCCCN1C(=O)NC(c2ccc(F)cc2)C(c2nc(-c3cccc(Cl)c3)no2)=C1C. The zero-order chi connectivity index (χ0) is 22.7. The van der Waals surface area contributed by atoms with E-state index in [0.29, 0.717) is 52.8 Å². The molecule has 2 heterocycles. The second-order valence-corrected chi connectivity index (χ2v) is 7.80. The number of amides is 2. The molecule has 0 radical (unpaired) electrons. The lowest BCUT2D eigenvalue weighted by molar-refractivity contribution is 0.174. The quantitative estimate of drug-likeness (QED) is 0.502. The molecule has 1 atom stereocenters. The van der Waals surface area contributed by atoms with Crippen LogP contribution in [0.2, 0.25) is 5.02 Å². The van der Waals surface area contributed by atoms with Crippen LogP contribution in [0, 0.1) is 5.82 Å². The maximum Gasteiger partial charge on any atom is 0.322 e. The second kappa shape index (κ2) is 9.50. The molecule has 2 aromatic carbocycles. The van der Waals surface area contributed by atoms with E-state index in [4.69, 9.17) is 20.9 Å². The molecule has 0 saturated heterocycles. The molecule has 0 fully saturated rings. The summed E-state index contributed by atoms with van der Waals surface area (Å²) in [6, 6.07) is 12.3. The van der Waals surface area contributed by atoms with Crippen LogP contribution in [0.1, 0.15) is 30.8 Å². The number of ether oxygens (including phenoxy) is 1. The zero-order valence-corrected chi connectivity index (χ0v) is 18.4. The smallest absolute Gasteiger partial charge is 0.322 e. The average Bonchev–Trinajstić information content (AvgIpc) is 3.26. The fourth-order valence-electron chi connectivity index (χ4n) is 3.68.